The highest BCUT2D eigenvalue weighted by Gasteiger charge is 2.41. The van der Waals surface area contributed by atoms with Crippen molar-refractivity contribution in [3.8, 4) is 0 Å². The second-order valence-corrected chi connectivity index (χ2v) is 7.46. The maximum absolute atomic E-state index is 13.7. The number of carboxylic acid groups (broad SMARTS) is 1. The molecule has 2 N–H and O–H groups in total. The third kappa shape index (κ3) is 4.77. The molecule has 2 aromatic rings. The van der Waals surface area contributed by atoms with Gasteiger partial charge < -0.3 is 10.4 Å². The van der Waals surface area contributed by atoms with Gasteiger partial charge in [0.25, 0.3) is 0 Å². The number of alkyl halides is 3. The van der Waals surface area contributed by atoms with Crippen LogP contribution >= 0.6 is 11.6 Å². The van der Waals surface area contributed by atoms with Crippen molar-refractivity contribution < 1.29 is 23.1 Å². The first-order valence-corrected chi connectivity index (χ1v) is 9.14. The zero-order valence-corrected chi connectivity index (χ0v) is 15.9. The monoisotopic (exact) mass is 412 g/mol. The van der Waals surface area contributed by atoms with Crippen LogP contribution in [0.2, 0.25) is 5.02 Å². The normalized spacial score (nSPS) is 16.5. The number of nitrogens with zero attached hydrogens (tertiary/aromatic N) is 1. The smallest absolute Gasteiger partial charge is 0.412 e. The number of carbonyl (C=O) groups is 1. The van der Waals surface area contributed by atoms with Crippen LogP contribution < -0.4 is 5.32 Å². The molecule has 1 atom stereocenters. The molecule has 1 heterocycles. The number of nitrogens with one attached hydrogen (secondary N) is 1. The highest BCUT2D eigenvalue weighted by molar-refractivity contribution is 6.31. The van der Waals surface area contributed by atoms with Crippen molar-refractivity contribution in [2.24, 2.45) is 5.92 Å². The highest BCUT2D eigenvalue weighted by atomic mass is 35.5. The molecule has 0 amide bonds. The average Bonchev–Trinajstić information content (AvgIpc) is 2.57. The Labute approximate surface area is 165 Å². The number of hydrogen-bond donors (Lipinski definition) is 2. The summed E-state index contributed by atoms with van der Waals surface area (Å²) >= 11 is 5.93. The zero-order chi connectivity index (χ0) is 20.5. The lowest BCUT2D eigenvalue weighted by Crippen LogP contribution is -2.49. The van der Waals surface area contributed by atoms with Gasteiger partial charge in [-0.2, -0.15) is 13.2 Å². The summed E-state index contributed by atoms with van der Waals surface area (Å²) in [7, 11) is 0. The maximum Gasteiger partial charge on any atom is 0.412 e. The summed E-state index contributed by atoms with van der Waals surface area (Å²) in [6, 6.07) is 9.16. The molecule has 0 radical (unpaired) electrons. The predicted molar refractivity (Wildman–Crippen MR) is 101 cm³/mol. The fraction of sp³-hybridized carbons (Fsp3) is 0.350. The van der Waals surface area contributed by atoms with Crippen LogP contribution in [-0.4, -0.2) is 35.2 Å². The molecule has 0 unspecified atom stereocenters. The molecule has 0 aromatic heterocycles. The standard InChI is InChI=1S/C20H20ClF3N2O2/c1-12-7-14(5-6-17(12)21)18(20(22,23)24)25-16-4-2-3-13(8-16)9-26-10-15(11-26)19(27)28/h2-8,15,18,25H,9-11H2,1H3,(H,27,28)/t18-/m0/s1. The Morgan fingerprint density at radius 3 is 2.61 bits per heavy atom. The van der Waals surface area contributed by atoms with E-state index >= 15 is 0 Å². The predicted octanol–water partition coefficient (Wildman–Crippen LogP) is 4.88. The summed E-state index contributed by atoms with van der Waals surface area (Å²) in [5.41, 5.74) is 1.84. The van der Waals surface area contributed by atoms with Gasteiger partial charge in [-0.15, -0.1) is 0 Å². The molecular formula is C20H20ClF3N2O2. The van der Waals surface area contributed by atoms with Gasteiger partial charge >= 0.3 is 12.1 Å². The number of benzene rings is 2. The van der Waals surface area contributed by atoms with Gasteiger partial charge in [0, 0.05) is 30.3 Å². The number of aliphatic carboxylic acids is 1. The highest BCUT2D eigenvalue weighted by Crippen LogP contribution is 2.37. The minimum absolute atomic E-state index is 0.0897. The second-order valence-electron chi connectivity index (χ2n) is 7.06. The Hall–Kier alpha value is -2.25. The van der Waals surface area contributed by atoms with E-state index in [-0.39, 0.29) is 11.5 Å². The summed E-state index contributed by atoms with van der Waals surface area (Å²) in [5.74, 6) is -1.19. The molecule has 4 nitrogen and oxygen atoms in total. The minimum Gasteiger partial charge on any atom is -0.481 e. The Kier molecular flexibility index (Phi) is 5.86. The van der Waals surface area contributed by atoms with Crippen LogP contribution in [0.3, 0.4) is 0 Å². The molecule has 0 bridgehead atoms. The van der Waals surface area contributed by atoms with Crippen LogP contribution in [-0.2, 0) is 11.3 Å². The zero-order valence-electron chi connectivity index (χ0n) is 15.1. The lowest BCUT2D eigenvalue weighted by molar-refractivity contribution is -0.147. The number of aryl methyl sites for hydroxylation is 1. The van der Waals surface area contributed by atoms with E-state index in [1.54, 1.807) is 25.1 Å². The SMILES string of the molecule is Cc1cc([C@H](Nc2cccc(CN3CC(C(=O)O)C3)c2)C(F)(F)F)ccc1Cl. The third-order valence-corrected chi connectivity index (χ3v) is 5.22. The van der Waals surface area contributed by atoms with Crippen molar-refractivity contribution >= 4 is 23.3 Å². The maximum atomic E-state index is 13.7. The van der Waals surface area contributed by atoms with Gasteiger partial charge in [0.1, 0.15) is 6.04 Å². The first kappa shape index (κ1) is 20.5. The number of hydrogen-bond acceptors (Lipinski definition) is 3. The molecule has 1 fully saturated rings. The quantitative estimate of drug-likeness (QED) is 0.710. The van der Waals surface area contributed by atoms with Crippen LogP contribution in [0.5, 0.6) is 0 Å². The van der Waals surface area contributed by atoms with Gasteiger partial charge in [0.05, 0.1) is 5.92 Å². The fourth-order valence-electron chi connectivity index (χ4n) is 3.24. The number of carboxylic acids is 1. The molecule has 0 saturated carbocycles. The van der Waals surface area contributed by atoms with Crippen molar-refractivity contribution in [1.29, 1.82) is 0 Å². The first-order chi connectivity index (χ1) is 13.1. The fourth-order valence-corrected chi connectivity index (χ4v) is 3.36. The van der Waals surface area contributed by atoms with Crippen molar-refractivity contribution in [2.75, 3.05) is 18.4 Å². The van der Waals surface area contributed by atoms with Gasteiger partial charge in [-0.3, -0.25) is 9.69 Å². The van der Waals surface area contributed by atoms with Crippen molar-refractivity contribution in [3.05, 3.63) is 64.2 Å². The van der Waals surface area contributed by atoms with Gasteiger partial charge in [-0.05, 0) is 41.8 Å². The number of rotatable bonds is 6. The summed E-state index contributed by atoms with van der Waals surface area (Å²) < 4.78 is 41.0. The Morgan fingerprint density at radius 2 is 2.00 bits per heavy atom. The largest absolute Gasteiger partial charge is 0.481 e. The third-order valence-electron chi connectivity index (χ3n) is 4.79. The minimum atomic E-state index is -4.48. The molecule has 2 aromatic carbocycles. The van der Waals surface area contributed by atoms with E-state index in [1.165, 1.54) is 18.2 Å². The summed E-state index contributed by atoms with van der Waals surface area (Å²) in [4.78, 5) is 12.8. The molecule has 1 aliphatic rings. The van der Waals surface area contributed by atoms with Gasteiger partial charge in [-0.1, -0.05) is 35.9 Å². The summed E-state index contributed by atoms with van der Waals surface area (Å²) in [6.45, 7) is 3.05. The second kappa shape index (κ2) is 8.01. The lowest BCUT2D eigenvalue weighted by atomic mass is 9.99. The van der Waals surface area contributed by atoms with E-state index in [0.29, 0.717) is 35.9 Å². The lowest BCUT2D eigenvalue weighted by Gasteiger charge is -2.36. The van der Waals surface area contributed by atoms with Gasteiger partial charge in [0.15, 0.2) is 0 Å². The molecule has 150 valence electrons. The van der Waals surface area contributed by atoms with E-state index in [4.69, 9.17) is 16.7 Å². The Balaban J connectivity index is 1.74. The van der Waals surface area contributed by atoms with Crippen molar-refractivity contribution in [2.45, 2.75) is 25.7 Å². The Bertz CT molecular complexity index is 867. The molecule has 28 heavy (non-hydrogen) atoms. The molecule has 0 aliphatic carbocycles. The number of likely N-dealkylation sites (tertiary alicyclic amines) is 1. The van der Waals surface area contributed by atoms with Crippen LogP contribution in [0.4, 0.5) is 18.9 Å². The van der Waals surface area contributed by atoms with E-state index in [9.17, 15) is 18.0 Å². The van der Waals surface area contributed by atoms with Crippen LogP contribution in [0.15, 0.2) is 42.5 Å². The molecule has 1 aliphatic heterocycles. The summed E-state index contributed by atoms with van der Waals surface area (Å²) in [6.07, 6.45) is -4.48. The molecule has 8 heteroatoms. The van der Waals surface area contributed by atoms with Crippen molar-refractivity contribution in [1.82, 2.24) is 4.90 Å². The van der Waals surface area contributed by atoms with Crippen LogP contribution in [0.1, 0.15) is 22.7 Å². The van der Waals surface area contributed by atoms with Crippen LogP contribution in [0.25, 0.3) is 0 Å². The van der Waals surface area contributed by atoms with E-state index in [0.717, 1.165) is 5.56 Å². The average molecular weight is 413 g/mol. The summed E-state index contributed by atoms with van der Waals surface area (Å²) in [5, 5.41) is 11.9. The van der Waals surface area contributed by atoms with Crippen molar-refractivity contribution in [3.63, 3.8) is 0 Å². The molecule has 1 saturated heterocycles. The Morgan fingerprint density at radius 1 is 1.29 bits per heavy atom. The topological polar surface area (TPSA) is 52.6 Å². The van der Waals surface area contributed by atoms with E-state index < -0.39 is 18.2 Å². The van der Waals surface area contributed by atoms with Gasteiger partial charge in [0.2, 0.25) is 0 Å². The molecule has 3 rings (SSSR count). The number of anilines is 1. The molecule has 0 spiro atoms. The van der Waals surface area contributed by atoms with E-state index in [2.05, 4.69) is 5.32 Å². The number of halogens is 4. The molecular weight excluding hydrogens is 393 g/mol. The van der Waals surface area contributed by atoms with E-state index in [1.807, 2.05) is 11.0 Å². The van der Waals surface area contributed by atoms with Crippen LogP contribution in [0, 0.1) is 12.8 Å². The first-order valence-electron chi connectivity index (χ1n) is 8.77. The van der Waals surface area contributed by atoms with Gasteiger partial charge in [-0.25, -0.2) is 0 Å².